The quantitative estimate of drug-likeness (QED) is 0.610. The van der Waals surface area contributed by atoms with Crippen LogP contribution in [0.1, 0.15) is 46.5 Å². The number of carbonyl (C=O) groups is 2. The molecule has 23 heavy (non-hydrogen) atoms. The predicted molar refractivity (Wildman–Crippen MR) is 81.6 cm³/mol. The molecule has 0 aromatic carbocycles. The molecule has 1 N–H and O–H groups in total. The summed E-state index contributed by atoms with van der Waals surface area (Å²) in [5.74, 6) is -0.501. The van der Waals surface area contributed by atoms with Crippen LogP contribution in [0.2, 0.25) is 0 Å². The molecule has 7 nitrogen and oxygen atoms in total. The van der Waals surface area contributed by atoms with E-state index in [1.807, 2.05) is 20.8 Å². The maximum Gasteiger partial charge on any atom is 0.410 e. The summed E-state index contributed by atoms with van der Waals surface area (Å²) in [6, 6.07) is 0. The molecule has 2 aliphatic heterocycles. The zero-order valence-electron chi connectivity index (χ0n) is 14.1. The third-order valence-electron chi connectivity index (χ3n) is 4.61. The number of aliphatic hydroxyl groups is 1. The molecule has 0 aromatic rings. The van der Waals surface area contributed by atoms with Crippen molar-refractivity contribution >= 4 is 12.1 Å². The van der Waals surface area contributed by atoms with Crippen LogP contribution in [-0.4, -0.2) is 59.8 Å². The van der Waals surface area contributed by atoms with Gasteiger partial charge in [0.15, 0.2) is 12.4 Å². The lowest BCUT2D eigenvalue weighted by molar-refractivity contribution is -0.184. The summed E-state index contributed by atoms with van der Waals surface area (Å²) < 4.78 is 15.7. The maximum atomic E-state index is 12.1. The number of aliphatic hydroxyl groups excluding tert-OH is 1. The van der Waals surface area contributed by atoms with Crippen molar-refractivity contribution in [2.45, 2.75) is 64.4 Å². The molecule has 0 aromatic heterocycles. The molecule has 2 unspecified atom stereocenters. The maximum absolute atomic E-state index is 12.1. The van der Waals surface area contributed by atoms with Crippen LogP contribution in [0.15, 0.2) is 0 Å². The number of amides is 1. The van der Waals surface area contributed by atoms with Gasteiger partial charge in [0.2, 0.25) is 0 Å². The monoisotopic (exact) mass is 329 g/mol. The highest BCUT2D eigenvalue weighted by atomic mass is 16.6. The van der Waals surface area contributed by atoms with Crippen LogP contribution in [0.5, 0.6) is 0 Å². The molecule has 2 aliphatic rings. The Labute approximate surface area is 136 Å². The fraction of sp³-hybridized carbons (Fsp3) is 0.875. The fourth-order valence-corrected chi connectivity index (χ4v) is 2.62. The Hall–Kier alpha value is -1.34. The first kappa shape index (κ1) is 18.0. The van der Waals surface area contributed by atoms with Gasteiger partial charge < -0.3 is 24.2 Å². The summed E-state index contributed by atoms with van der Waals surface area (Å²) in [4.78, 5) is 25.1. The van der Waals surface area contributed by atoms with Crippen LogP contribution < -0.4 is 0 Å². The van der Waals surface area contributed by atoms with Crippen molar-refractivity contribution in [3.63, 3.8) is 0 Å². The van der Waals surface area contributed by atoms with Gasteiger partial charge in [-0.3, -0.25) is 0 Å². The first-order valence-electron chi connectivity index (χ1n) is 8.30. The molecule has 0 bridgehead atoms. The van der Waals surface area contributed by atoms with Crippen LogP contribution in [0.3, 0.4) is 0 Å². The van der Waals surface area contributed by atoms with Crippen molar-refractivity contribution in [1.82, 2.24) is 4.90 Å². The smallest absolute Gasteiger partial charge is 0.410 e. The van der Waals surface area contributed by atoms with Crippen LogP contribution in [0.25, 0.3) is 0 Å². The normalized spacial score (nSPS) is 24.4. The number of rotatable bonds is 5. The van der Waals surface area contributed by atoms with Gasteiger partial charge in [-0.25, -0.2) is 9.59 Å². The number of hydrogen-bond acceptors (Lipinski definition) is 6. The molecule has 0 aliphatic carbocycles. The number of piperidine rings is 1. The second kappa shape index (κ2) is 7.49. The Morgan fingerprint density at radius 3 is 2.57 bits per heavy atom. The summed E-state index contributed by atoms with van der Waals surface area (Å²) in [7, 11) is 0. The van der Waals surface area contributed by atoms with Crippen molar-refractivity contribution < 1.29 is 28.9 Å². The van der Waals surface area contributed by atoms with E-state index in [-0.39, 0.29) is 12.0 Å². The van der Waals surface area contributed by atoms with Gasteiger partial charge in [-0.15, -0.1) is 0 Å². The van der Waals surface area contributed by atoms with Crippen molar-refractivity contribution in [3.05, 3.63) is 0 Å². The average molecular weight is 329 g/mol. The Morgan fingerprint density at radius 2 is 2.04 bits per heavy atom. The fourth-order valence-electron chi connectivity index (χ4n) is 2.62. The Bertz CT molecular complexity index is 430. The first-order chi connectivity index (χ1) is 10.8. The van der Waals surface area contributed by atoms with Crippen LogP contribution >= 0.6 is 0 Å². The Morgan fingerprint density at radius 1 is 1.39 bits per heavy atom. The molecular weight excluding hydrogens is 302 g/mol. The van der Waals surface area contributed by atoms with Gasteiger partial charge in [0.25, 0.3) is 0 Å². The molecule has 2 rings (SSSR count). The minimum absolute atomic E-state index is 0.0911. The third-order valence-corrected chi connectivity index (χ3v) is 4.61. The molecule has 7 heteroatoms. The Kier molecular flexibility index (Phi) is 5.86. The zero-order chi connectivity index (χ0) is 17.0. The number of nitrogens with zero attached hydrogens (tertiary/aromatic N) is 1. The minimum atomic E-state index is -1.00. The van der Waals surface area contributed by atoms with Gasteiger partial charge >= 0.3 is 12.1 Å². The molecule has 2 heterocycles. The highest BCUT2D eigenvalue weighted by Crippen LogP contribution is 2.25. The molecule has 132 valence electrons. The second-order valence-electron chi connectivity index (χ2n) is 6.78. The topological polar surface area (TPSA) is 85.3 Å². The van der Waals surface area contributed by atoms with E-state index in [2.05, 4.69) is 0 Å². The lowest BCUT2D eigenvalue weighted by Crippen LogP contribution is -2.45. The molecule has 1 amide bonds. The van der Waals surface area contributed by atoms with Crippen molar-refractivity contribution in [3.8, 4) is 0 Å². The van der Waals surface area contributed by atoms with Gasteiger partial charge in [0.05, 0.1) is 6.61 Å². The number of ether oxygens (including phenoxy) is 3. The number of cyclic esters (lactones) is 1. The molecular formula is C16H27NO6. The summed E-state index contributed by atoms with van der Waals surface area (Å²) in [6.45, 7) is 7.11. The molecule has 0 spiro atoms. The largest absolute Gasteiger partial charge is 0.464 e. The van der Waals surface area contributed by atoms with Gasteiger partial charge in [-0.2, -0.15) is 0 Å². The number of esters is 1. The summed E-state index contributed by atoms with van der Waals surface area (Å²) in [5, 5.41) is 10.1. The van der Waals surface area contributed by atoms with Crippen molar-refractivity contribution in [1.29, 1.82) is 0 Å². The van der Waals surface area contributed by atoms with E-state index in [9.17, 15) is 14.7 Å². The third kappa shape index (κ3) is 4.81. The van der Waals surface area contributed by atoms with Crippen LogP contribution in [-0.2, 0) is 19.0 Å². The van der Waals surface area contributed by atoms with E-state index in [0.29, 0.717) is 39.0 Å². The van der Waals surface area contributed by atoms with Gasteiger partial charge in [-0.05, 0) is 33.1 Å². The SMILES string of the molecule is CCC(C)(C)OC(=O)N1CCC(C(O)OC2CCOC2=O)CC1. The minimum Gasteiger partial charge on any atom is -0.464 e. The summed E-state index contributed by atoms with van der Waals surface area (Å²) in [6.07, 6.45) is 0.473. The van der Waals surface area contributed by atoms with E-state index >= 15 is 0 Å². The number of likely N-dealkylation sites (tertiary alicyclic amines) is 1. The zero-order valence-corrected chi connectivity index (χ0v) is 14.1. The number of hydrogen-bond donors (Lipinski definition) is 1. The highest BCUT2D eigenvalue weighted by molar-refractivity contribution is 5.76. The number of carbonyl (C=O) groups excluding carboxylic acids is 2. The molecule has 2 atom stereocenters. The first-order valence-corrected chi connectivity index (χ1v) is 8.30. The Balaban J connectivity index is 1.76. The molecule has 0 saturated carbocycles. The lowest BCUT2D eigenvalue weighted by atomic mass is 9.96. The molecule has 0 radical (unpaired) electrons. The van der Waals surface area contributed by atoms with Crippen molar-refractivity contribution in [2.24, 2.45) is 5.92 Å². The van der Waals surface area contributed by atoms with Gasteiger partial charge in [-0.1, -0.05) is 6.92 Å². The van der Waals surface area contributed by atoms with Crippen LogP contribution in [0, 0.1) is 5.92 Å². The summed E-state index contributed by atoms with van der Waals surface area (Å²) in [5.41, 5.74) is -0.473. The second-order valence-corrected chi connectivity index (χ2v) is 6.78. The molecule has 2 fully saturated rings. The standard InChI is InChI=1S/C16H27NO6/c1-4-16(2,3)23-15(20)17-8-5-11(6-9-17)13(18)22-12-7-10-21-14(12)19/h11-13,18H,4-10H2,1-3H3. The van der Waals surface area contributed by atoms with E-state index < -0.39 is 24.0 Å². The lowest BCUT2D eigenvalue weighted by Gasteiger charge is -2.35. The highest BCUT2D eigenvalue weighted by Gasteiger charge is 2.35. The molecule has 2 saturated heterocycles. The van der Waals surface area contributed by atoms with Crippen molar-refractivity contribution in [2.75, 3.05) is 19.7 Å². The predicted octanol–water partition coefficient (Wildman–Crippen LogP) is 1.67. The summed E-state index contributed by atoms with van der Waals surface area (Å²) >= 11 is 0. The van der Waals surface area contributed by atoms with E-state index in [4.69, 9.17) is 14.2 Å². The van der Waals surface area contributed by atoms with Gasteiger partial charge in [0, 0.05) is 25.4 Å². The van der Waals surface area contributed by atoms with Gasteiger partial charge in [0.1, 0.15) is 5.60 Å². The average Bonchev–Trinajstić information content (AvgIpc) is 2.92. The van der Waals surface area contributed by atoms with Crippen LogP contribution in [0.4, 0.5) is 4.79 Å². The van der Waals surface area contributed by atoms with E-state index in [1.54, 1.807) is 4.90 Å². The van der Waals surface area contributed by atoms with E-state index in [0.717, 1.165) is 6.42 Å². The van der Waals surface area contributed by atoms with E-state index in [1.165, 1.54) is 0 Å².